The Morgan fingerprint density at radius 3 is 1.70 bits per heavy atom. The van der Waals surface area contributed by atoms with Crippen LogP contribution in [0.3, 0.4) is 0 Å². The van der Waals surface area contributed by atoms with E-state index in [1.165, 1.54) is 0 Å². The van der Waals surface area contributed by atoms with Crippen molar-refractivity contribution >= 4 is 23.4 Å². The molecular formula is C31H53NO11. The number of ketones is 1. The number of hydrogen-bond acceptors (Lipinski definition) is 12. The predicted molar refractivity (Wildman–Crippen MR) is 160 cm³/mol. The monoisotopic (exact) mass is 615 g/mol. The van der Waals surface area contributed by atoms with Crippen LogP contribution in [0.2, 0.25) is 0 Å². The Morgan fingerprint density at radius 1 is 0.628 bits per heavy atom. The molecule has 0 bridgehead atoms. The van der Waals surface area contributed by atoms with Gasteiger partial charge in [0.25, 0.3) is 0 Å². The Hall–Kier alpha value is -2.56. The maximum atomic E-state index is 12.5. The fourth-order valence-corrected chi connectivity index (χ4v) is 3.57. The number of unbranched alkanes of at least 4 members (excludes halogenated alkanes) is 2. The Labute approximate surface area is 257 Å². The standard InChI is InChI=1S/C31H53NO11/c1-7-37-18-19-39-21-24-43-31(4,5)27(33)13-9-11-15-29(35)41-23-25-42-30(2,3)26(32)12-8-10-14-28(34)40-22-20-38-17-16-36-6/h1,32H,8-25H2,2-6H3. The summed E-state index contributed by atoms with van der Waals surface area (Å²) in [5, 5.41) is 8.33. The second-order valence-corrected chi connectivity index (χ2v) is 10.7. The van der Waals surface area contributed by atoms with Gasteiger partial charge in [-0.2, -0.15) is 0 Å². The topological polar surface area (TPSA) is 149 Å². The van der Waals surface area contributed by atoms with E-state index in [2.05, 4.69) is 6.11 Å². The van der Waals surface area contributed by atoms with Gasteiger partial charge in [0.2, 0.25) is 0 Å². The SMILES string of the molecule is C#COCCOCCOC(C)(C)C(=O)CCCCC(=O)OCCOC(C)(C)C(=N)CCCCC(=O)OCCOCCOC. The minimum Gasteiger partial charge on any atom is -0.463 e. The molecule has 0 aromatic heterocycles. The van der Waals surface area contributed by atoms with Crippen LogP contribution in [0.25, 0.3) is 0 Å². The highest BCUT2D eigenvalue weighted by molar-refractivity contribution is 5.89. The van der Waals surface area contributed by atoms with E-state index in [0.29, 0.717) is 83.9 Å². The fraction of sp³-hybridized carbons (Fsp3) is 0.806. The van der Waals surface area contributed by atoms with E-state index in [1.807, 2.05) is 0 Å². The second-order valence-electron chi connectivity index (χ2n) is 10.7. The second kappa shape index (κ2) is 24.8. The van der Waals surface area contributed by atoms with Crippen molar-refractivity contribution in [2.24, 2.45) is 0 Å². The molecule has 0 radical (unpaired) electrons. The Balaban J connectivity index is 3.92. The highest BCUT2D eigenvalue weighted by Crippen LogP contribution is 2.17. The largest absolute Gasteiger partial charge is 0.463 e. The van der Waals surface area contributed by atoms with Gasteiger partial charge in [-0.15, -0.1) is 0 Å². The van der Waals surface area contributed by atoms with Crippen LogP contribution in [0.15, 0.2) is 0 Å². The molecule has 0 fully saturated rings. The number of ether oxygens (including phenoxy) is 8. The fourth-order valence-electron chi connectivity index (χ4n) is 3.57. The molecular weight excluding hydrogens is 562 g/mol. The van der Waals surface area contributed by atoms with E-state index < -0.39 is 11.2 Å². The number of esters is 2. The number of terminal acetylenes is 1. The van der Waals surface area contributed by atoms with Crippen molar-refractivity contribution in [2.45, 2.75) is 90.3 Å². The zero-order valence-electron chi connectivity index (χ0n) is 26.8. The van der Waals surface area contributed by atoms with Crippen molar-refractivity contribution < 1.29 is 52.3 Å². The zero-order chi connectivity index (χ0) is 32.4. The molecule has 0 saturated carbocycles. The van der Waals surface area contributed by atoms with Crippen LogP contribution in [0.5, 0.6) is 0 Å². The molecule has 0 spiro atoms. The van der Waals surface area contributed by atoms with Gasteiger partial charge in [0.05, 0.1) is 51.8 Å². The summed E-state index contributed by atoms with van der Waals surface area (Å²) in [6.07, 6.45) is 10.6. The third kappa shape index (κ3) is 22.6. The Morgan fingerprint density at radius 2 is 1.09 bits per heavy atom. The molecule has 0 aliphatic rings. The van der Waals surface area contributed by atoms with Crippen LogP contribution in [0.1, 0.15) is 79.1 Å². The number of methoxy groups -OCH3 is 1. The Kier molecular flexibility index (Phi) is 23.4. The zero-order valence-corrected chi connectivity index (χ0v) is 26.8. The van der Waals surface area contributed by atoms with Crippen LogP contribution in [0.4, 0.5) is 0 Å². The number of Topliss-reactive ketones (excluding diaryl/α,β-unsaturated/α-hetero) is 1. The minimum absolute atomic E-state index is 0.0472. The van der Waals surface area contributed by atoms with E-state index in [4.69, 9.17) is 49.7 Å². The third-order valence-corrected chi connectivity index (χ3v) is 6.33. The van der Waals surface area contributed by atoms with Gasteiger partial charge in [0.1, 0.15) is 31.5 Å². The average Bonchev–Trinajstić information content (AvgIpc) is 2.96. The highest BCUT2D eigenvalue weighted by atomic mass is 16.6. The molecule has 0 unspecified atom stereocenters. The molecule has 0 saturated heterocycles. The first-order chi connectivity index (χ1) is 20.5. The summed E-state index contributed by atoms with van der Waals surface area (Å²) in [6.45, 7) is 9.98. The maximum Gasteiger partial charge on any atom is 0.305 e. The Bertz CT molecular complexity index is 836. The van der Waals surface area contributed by atoms with Gasteiger partial charge in [-0.05, 0) is 59.8 Å². The molecule has 0 aliphatic heterocycles. The number of carbonyl (C=O) groups is 3. The summed E-state index contributed by atoms with van der Waals surface area (Å²) in [7, 11) is 1.59. The molecule has 0 heterocycles. The van der Waals surface area contributed by atoms with Crippen molar-refractivity contribution in [2.75, 3.05) is 73.2 Å². The molecule has 12 heteroatoms. The van der Waals surface area contributed by atoms with E-state index in [0.717, 1.165) is 0 Å². The highest BCUT2D eigenvalue weighted by Gasteiger charge is 2.27. The summed E-state index contributed by atoms with van der Waals surface area (Å²) >= 11 is 0. The molecule has 0 rings (SSSR count). The van der Waals surface area contributed by atoms with Gasteiger partial charge >= 0.3 is 11.9 Å². The van der Waals surface area contributed by atoms with Crippen LogP contribution >= 0.6 is 0 Å². The smallest absolute Gasteiger partial charge is 0.305 e. The molecule has 0 aromatic carbocycles. The quantitative estimate of drug-likeness (QED) is 0.0569. The van der Waals surface area contributed by atoms with E-state index >= 15 is 0 Å². The lowest BCUT2D eigenvalue weighted by atomic mass is 9.97. The van der Waals surface area contributed by atoms with E-state index in [1.54, 1.807) is 34.8 Å². The summed E-state index contributed by atoms with van der Waals surface area (Å²) in [6, 6.07) is 0. The van der Waals surface area contributed by atoms with Crippen molar-refractivity contribution in [3.8, 4) is 12.5 Å². The van der Waals surface area contributed by atoms with Gasteiger partial charge < -0.3 is 43.3 Å². The van der Waals surface area contributed by atoms with Gasteiger partial charge in [-0.25, -0.2) is 0 Å². The molecule has 0 aromatic rings. The number of hydrogen-bond donors (Lipinski definition) is 1. The molecule has 0 aliphatic carbocycles. The molecule has 248 valence electrons. The molecule has 43 heavy (non-hydrogen) atoms. The van der Waals surface area contributed by atoms with Crippen LogP contribution in [0, 0.1) is 17.9 Å². The first-order valence-corrected chi connectivity index (χ1v) is 14.9. The van der Waals surface area contributed by atoms with Gasteiger partial charge in [-0.3, -0.25) is 14.4 Å². The summed E-state index contributed by atoms with van der Waals surface area (Å²) in [5.41, 5.74) is -1.36. The number of carbonyl (C=O) groups excluding carboxylic acids is 3. The normalized spacial score (nSPS) is 11.5. The van der Waals surface area contributed by atoms with Gasteiger partial charge in [0.15, 0.2) is 5.78 Å². The summed E-state index contributed by atoms with van der Waals surface area (Å²) in [5.74, 6) is -0.696. The van der Waals surface area contributed by atoms with E-state index in [9.17, 15) is 14.4 Å². The summed E-state index contributed by atoms with van der Waals surface area (Å²) < 4.78 is 41.9. The van der Waals surface area contributed by atoms with Gasteiger partial charge in [0, 0.05) is 32.1 Å². The number of rotatable bonds is 29. The molecule has 1 N–H and O–H groups in total. The minimum atomic E-state index is -0.942. The van der Waals surface area contributed by atoms with Crippen LogP contribution in [-0.2, 0) is 52.3 Å². The van der Waals surface area contributed by atoms with E-state index in [-0.39, 0.29) is 57.0 Å². The van der Waals surface area contributed by atoms with Crippen molar-refractivity contribution in [3.05, 3.63) is 0 Å². The third-order valence-electron chi connectivity index (χ3n) is 6.33. The van der Waals surface area contributed by atoms with Crippen LogP contribution < -0.4 is 0 Å². The number of nitrogens with one attached hydrogen (secondary N) is 1. The molecule has 0 amide bonds. The lowest BCUT2D eigenvalue weighted by molar-refractivity contribution is -0.147. The summed E-state index contributed by atoms with van der Waals surface area (Å²) in [4.78, 5) is 36.3. The first-order valence-electron chi connectivity index (χ1n) is 14.9. The maximum absolute atomic E-state index is 12.5. The van der Waals surface area contributed by atoms with Crippen molar-refractivity contribution in [3.63, 3.8) is 0 Å². The average molecular weight is 616 g/mol. The van der Waals surface area contributed by atoms with Crippen molar-refractivity contribution in [1.82, 2.24) is 0 Å². The first kappa shape index (κ1) is 40.4. The lowest BCUT2D eigenvalue weighted by Crippen LogP contribution is -2.36. The lowest BCUT2D eigenvalue weighted by Gasteiger charge is -2.26. The molecule has 12 nitrogen and oxygen atoms in total. The van der Waals surface area contributed by atoms with Gasteiger partial charge in [-0.1, -0.05) is 6.42 Å². The van der Waals surface area contributed by atoms with Crippen molar-refractivity contribution in [1.29, 1.82) is 5.41 Å². The molecule has 0 atom stereocenters. The predicted octanol–water partition coefficient (Wildman–Crippen LogP) is 3.66. The van der Waals surface area contributed by atoms with Crippen LogP contribution in [-0.4, -0.2) is 108 Å².